The number of hydrogen-bond donors (Lipinski definition) is 1. The van der Waals surface area contributed by atoms with Gasteiger partial charge < -0.3 is 19.1 Å². The molecule has 0 heterocycles. The van der Waals surface area contributed by atoms with Gasteiger partial charge in [-0.2, -0.15) is 0 Å². The molecule has 0 bridgehead atoms. The fraction of sp³-hybridized carbons (Fsp3) is 0.667. The van der Waals surface area contributed by atoms with Crippen LogP contribution >= 0.6 is 24.4 Å². The fourth-order valence-corrected chi connectivity index (χ4v) is 0.687. The zero-order chi connectivity index (χ0) is 10.1. The molecule has 0 saturated carbocycles. The van der Waals surface area contributed by atoms with Crippen LogP contribution in [0.5, 0.6) is 0 Å². The number of ether oxygens (including phenoxy) is 2. The minimum atomic E-state index is -0.0678. The number of rotatable bonds is 4. The van der Waals surface area contributed by atoms with E-state index in [1.54, 1.807) is 13.8 Å². The summed E-state index contributed by atoms with van der Waals surface area (Å²) < 4.78 is 9.53. The normalized spacial score (nSPS) is 8.77. The lowest BCUT2D eigenvalue weighted by molar-refractivity contribution is -0.0747. The number of hydrogen-bond acceptors (Lipinski definition) is 7. The maximum Gasteiger partial charge on any atom is 0.374 e. The quantitative estimate of drug-likeness (QED) is 0.567. The van der Waals surface area contributed by atoms with E-state index in [9.17, 15) is 0 Å². The van der Waals surface area contributed by atoms with Crippen molar-refractivity contribution in [1.29, 1.82) is 0 Å². The van der Waals surface area contributed by atoms with E-state index in [1.807, 2.05) is 5.64 Å². The highest BCUT2D eigenvalue weighted by Crippen LogP contribution is 1.85. The molecule has 0 aliphatic rings. The molecule has 0 aromatic carbocycles. The highest BCUT2D eigenvalue weighted by Gasteiger charge is 1.99. The first-order valence-corrected chi connectivity index (χ1v) is 4.44. The van der Waals surface area contributed by atoms with Gasteiger partial charge in [-0.05, 0) is 13.8 Å². The standard InChI is InChI=1S/C6H11NO4S2/c1-3-8-5(12)10-7-11-6(13)9-4-2/h7H,3-4H2,1-2H3. The van der Waals surface area contributed by atoms with Gasteiger partial charge in [0.2, 0.25) is 0 Å². The molecule has 5 nitrogen and oxygen atoms in total. The highest BCUT2D eigenvalue weighted by molar-refractivity contribution is 7.80. The first kappa shape index (κ1) is 12.3. The van der Waals surface area contributed by atoms with E-state index in [0.29, 0.717) is 13.2 Å². The molecule has 76 valence electrons. The molecule has 0 aromatic rings. The third kappa shape index (κ3) is 7.69. The van der Waals surface area contributed by atoms with Gasteiger partial charge in [0.15, 0.2) is 0 Å². The predicted octanol–water partition coefficient (Wildman–Crippen LogP) is 1.08. The van der Waals surface area contributed by atoms with Crippen molar-refractivity contribution in [2.45, 2.75) is 13.8 Å². The molecule has 0 aliphatic heterocycles. The molecule has 0 unspecified atom stereocenters. The summed E-state index contributed by atoms with van der Waals surface area (Å²) in [6.07, 6.45) is 0. The summed E-state index contributed by atoms with van der Waals surface area (Å²) >= 11 is 9.20. The van der Waals surface area contributed by atoms with Crippen LogP contribution in [0.3, 0.4) is 0 Å². The van der Waals surface area contributed by atoms with Gasteiger partial charge in [0.05, 0.1) is 13.2 Å². The average Bonchev–Trinajstić information content (AvgIpc) is 2.05. The zero-order valence-corrected chi connectivity index (χ0v) is 9.00. The molecule has 0 aromatic heterocycles. The van der Waals surface area contributed by atoms with E-state index < -0.39 is 0 Å². The van der Waals surface area contributed by atoms with Gasteiger partial charge in [-0.25, -0.2) is 0 Å². The van der Waals surface area contributed by atoms with Crippen LogP contribution in [0.1, 0.15) is 13.8 Å². The Morgan fingerprint density at radius 2 is 1.38 bits per heavy atom. The molecule has 0 radical (unpaired) electrons. The van der Waals surface area contributed by atoms with Crippen LogP contribution in [0.2, 0.25) is 0 Å². The summed E-state index contributed by atoms with van der Waals surface area (Å²) in [6, 6.07) is 0. The van der Waals surface area contributed by atoms with E-state index in [4.69, 9.17) is 9.47 Å². The predicted molar refractivity (Wildman–Crippen MR) is 53.8 cm³/mol. The van der Waals surface area contributed by atoms with Crippen molar-refractivity contribution in [2.75, 3.05) is 13.2 Å². The molecule has 13 heavy (non-hydrogen) atoms. The lowest BCUT2D eigenvalue weighted by Crippen LogP contribution is -2.24. The molecule has 0 fully saturated rings. The van der Waals surface area contributed by atoms with Crippen LogP contribution in [0, 0.1) is 0 Å². The van der Waals surface area contributed by atoms with Gasteiger partial charge in [-0.15, -0.1) is 0 Å². The molecular weight excluding hydrogens is 214 g/mol. The second-order valence-corrected chi connectivity index (χ2v) is 2.32. The van der Waals surface area contributed by atoms with Crippen LogP contribution < -0.4 is 5.64 Å². The maximum absolute atomic E-state index is 4.77. The van der Waals surface area contributed by atoms with Gasteiger partial charge in [0, 0.05) is 30.1 Å². The molecule has 0 rings (SSSR count). The Bertz CT molecular complexity index is 158. The number of thiocarbonyl (C=S) groups is 2. The highest BCUT2D eigenvalue weighted by atomic mass is 32.1. The van der Waals surface area contributed by atoms with Gasteiger partial charge in [-0.3, -0.25) is 0 Å². The Morgan fingerprint density at radius 3 is 1.69 bits per heavy atom. The summed E-state index contributed by atoms with van der Waals surface area (Å²) in [5.41, 5.74) is 2.02. The summed E-state index contributed by atoms with van der Waals surface area (Å²) in [6.45, 7) is 4.41. The summed E-state index contributed by atoms with van der Waals surface area (Å²) in [5, 5.41) is -0.136. The van der Waals surface area contributed by atoms with Crippen LogP contribution in [-0.2, 0) is 19.1 Å². The minimum absolute atomic E-state index is 0.0678. The molecule has 0 atom stereocenters. The van der Waals surface area contributed by atoms with Gasteiger partial charge in [0.25, 0.3) is 0 Å². The summed E-state index contributed by atoms with van der Waals surface area (Å²) in [4.78, 5) is 9.14. The fourth-order valence-electron chi connectivity index (χ4n) is 0.384. The van der Waals surface area contributed by atoms with Crippen molar-refractivity contribution in [1.82, 2.24) is 5.64 Å². The summed E-state index contributed by atoms with van der Waals surface area (Å²) in [5.74, 6) is 0. The molecule has 0 amide bonds. The molecule has 1 N–H and O–H groups in total. The SMILES string of the molecule is CCOC(=S)ONOC(=S)OCC. The Morgan fingerprint density at radius 1 is 1.00 bits per heavy atom. The van der Waals surface area contributed by atoms with Crippen LogP contribution in [0.4, 0.5) is 0 Å². The van der Waals surface area contributed by atoms with Crippen molar-refractivity contribution in [3.05, 3.63) is 0 Å². The average molecular weight is 225 g/mol. The third-order valence-electron chi connectivity index (χ3n) is 0.774. The van der Waals surface area contributed by atoms with Crippen molar-refractivity contribution < 1.29 is 19.1 Å². The monoisotopic (exact) mass is 225 g/mol. The van der Waals surface area contributed by atoms with E-state index in [-0.39, 0.29) is 10.5 Å². The third-order valence-corrected chi connectivity index (χ3v) is 1.18. The zero-order valence-electron chi connectivity index (χ0n) is 7.36. The topological polar surface area (TPSA) is 49.0 Å². The first-order chi connectivity index (χ1) is 6.20. The van der Waals surface area contributed by atoms with Gasteiger partial charge in [0.1, 0.15) is 0 Å². The van der Waals surface area contributed by atoms with E-state index >= 15 is 0 Å². The molecule has 0 aliphatic carbocycles. The van der Waals surface area contributed by atoms with Crippen LogP contribution in [0.15, 0.2) is 0 Å². The maximum atomic E-state index is 4.77. The van der Waals surface area contributed by atoms with Crippen LogP contribution in [-0.4, -0.2) is 23.7 Å². The van der Waals surface area contributed by atoms with Crippen molar-refractivity contribution in [3.63, 3.8) is 0 Å². The lowest BCUT2D eigenvalue weighted by Gasteiger charge is -2.08. The Hall–Kier alpha value is -0.660. The second kappa shape index (κ2) is 7.96. The lowest BCUT2D eigenvalue weighted by atomic mass is 10.9. The van der Waals surface area contributed by atoms with Crippen molar-refractivity contribution in [3.8, 4) is 0 Å². The Labute approximate surface area is 87.2 Å². The van der Waals surface area contributed by atoms with Gasteiger partial charge >= 0.3 is 10.5 Å². The summed E-state index contributed by atoms with van der Waals surface area (Å²) in [7, 11) is 0. The largest absolute Gasteiger partial charge is 0.456 e. The Kier molecular flexibility index (Phi) is 7.56. The van der Waals surface area contributed by atoms with Gasteiger partial charge in [-0.1, -0.05) is 0 Å². The van der Waals surface area contributed by atoms with Crippen molar-refractivity contribution >= 4 is 34.9 Å². The Balaban J connectivity index is 3.33. The van der Waals surface area contributed by atoms with Crippen LogP contribution in [0.25, 0.3) is 0 Å². The van der Waals surface area contributed by atoms with E-state index in [0.717, 1.165) is 0 Å². The minimum Gasteiger partial charge on any atom is -0.456 e. The second-order valence-electron chi connectivity index (χ2n) is 1.65. The molecule has 0 spiro atoms. The molecular formula is C6H11NO4S2. The molecule has 0 saturated heterocycles. The van der Waals surface area contributed by atoms with E-state index in [2.05, 4.69) is 34.1 Å². The number of nitrogens with one attached hydrogen (secondary N) is 1. The first-order valence-electron chi connectivity index (χ1n) is 3.62. The van der Waals surface area contributed by atoms with Crippen molar-refractivity contribution in [2.24, 2.45) is 0 Å². The molecule has 7 heteroatoms. The smallest absolute Gasteiger partial charge is 0.374 e. The van der Waals surface area contributed by atoms with E-state index in [1.165, 1.54) is 0 Å².